The van der Waals surface area contributed by atoms with Crippen molar-refractivity contribution in [1.82, 2.24) is 4.98 Å². The molecule has 0 atom stereocenters. The molecule has 0 fully saturated rings. The van der Waals surface area contributed by atoms with Gasteiger partial charge in [0.25, 0.3) is 0 Å². The Morgan fingerprint density at radius 2 is 1.68 bits per heavy atom. The Morgan fingerprint density at radius 3 is 2.50 bits per heavy atom. The zero-order valence-corrected chi connectivity index (χ0v) is 14.4. The Balaban J connectivity index is 0.00000144. The van der Waals surface area contributed by atoms with Crippen molar-refractivity contribution >= 4 is 11.6 Å². The third-order valence-electron chi connectivity index (χ3n) is 3.84. The van der Waals surface area contributed by atoms with Crippen LogP contribution in [0.25, 0.3) is 22.9 Å². The molecule has 3 aromatic rings. The minimum Gasteiger partial charge on any atom is -1.00 e. The monoisotopic (exact) mass is 398 g/mol. The summed E-state index contributed by atoms with van der Waals surface area (Å²) in [5.41, 5.74) is 7.23. The second-order valence-electron chi connectivity index (χ2n) is 5.31. The van der Waals surface area contributed by atoms with Gasteiger partial charge in [-0.2, -0.15) is 0 Å². The molecule has 0 N–H and O–H groups in total. The molecular weight excluding hydrogens is 383 g/mol. The highest BCUT2D eigenvalue weighted by atomic mass is 127. The summed E-state index contributed by atoms with van der Waals surface area (Å²) in [5, 5.41) is 0. The fourth-order valence-electron chi connectivity index (χ4n) is 2.93. The molecule has 1 aliphatic rings. The predicted octanol–water partition coefficient (Wildman–Crippen LogP) is 0.479. The first-order valence-electron chi connectivity index (χ1n) is 7.05. The largest absolute Gasteiger partial charge is 1.00 e. The SMILES string of the molecule is C[n+]1cccc(/C=C2\c3ccccc3-c3ncccc32)c1.[I-]. The van der Waals surface area contributed by atoms with E-state index in [2.05, 4.69) is 64.3 Å². The Bertz CT molecular complexity index is 821. The molecule has 4 rings (SSSR count). The van der Waals surface area contributed by atoms with Crippen molar-refractivity contribution in [1.29, 1.82) is 0 Å². The number of aryl methyl sites for hydroxylation is 1. The van der Waals surface area contributed by atoms with Gasteiger partial charge in [0.05, 0.1) is 5.69 Å². The molecule has 0 amide bonds. The average molecular weight is 398 g/mol. The van der Waals surface area contributed by atoms with Gasteiger partial charge in [0, 0.05) is 29.0 Å². The first kappa shape index (κ1) is 14.9. The molecule has 2 heterocycles. The first-order valence-corrected chi connectivity index (χ1v) is 7.05. The number of aromatic nitrogens is 2. The van der Waals surface area contributed by atoms with Crippen LogP contribution in [-0.2, 0) is 7.05 Å². The van der Waals surface area contributed by atoms with Gasteiger partial charge in [0.15, 0.2) is 12.4 Å². The molecule has 2 aromatic heterocycles. The summed E-state index contributed by atoms with van der Waals surface area (Å²) >= 11 is 0. The van der Waals surface area contributed by atoms with E-state index in [4.69, 9.17) is 0 Å². The Morgan fingerprint density at radius 1 is 0.909 bits per heavy atom. The van der Waals surface area contributed by atoms with Crippen LogP contribution in [0, 0.1) is 0 Å². The van der Waals surface area contributed by atoms with E-state index in [9.17, 15) is 0 Å². The molecular formula is C19H15IN2. The summed E-state index contributed by atoms with van der Waals surface area (Å²) in [4.78, 5) is 4.56. The highest BCUT2D eigenvalue weighted by molar-refractivity contribution is 6.05. The first-order chi connectivity index (χ1) is 10.3. The smallest absolute Gasteiger partial charge is 0.175 e. The molecule has 0 saturated carbocycles. The summed E-state index contributed by atoms with van der Waals surface area (Å²) in [6, 6.07) is 16.8. The summed E-state index contributed by atoms with van der Waals surface area (Å²) in [7, 11) is 2.04. The zero-order valence-electron chi connectivity index (χ0n) is 12.2. The zero-order chi connectivity index (χ0) is 14.2. The van der Waals surface area contributed by atoms with Crippen molar-refractivity contribution in [3.8, 4) is 11.3 Å². The average Bonchev–Trinajstić information content (AvgIpc) is 2.83. The summed E-state index contributed by atoms with van der Waals surface area (Å²) in [6.07, 6.45) is 8.28. The second kappa shape index (κ2) is 6.01. The van der Waals surface area contributed by atoms with E-state index in [-0.39, 0.29) is 24.0 Å². The number of rotatable bonds is 1. The molecule has 0 unspecified atom stereocenters. The van der Waals surface area contributed by atoms with Crippen molar-refractivity contribution in [2.24, 2.45) is 7.05 Å². The molecule has 108 valence electrons. The minimum absolute atomic E-state index is 0. The lowest BCUT2D eigenvalue weighted by molar-refractivity contribution is -0.671. The molecule has 2 nitrogen and oxygen atoms in total. The van der Waals surface area contributed by atoms with E-state index in [1.54, 1.807) is 0 Å². The van der Waals surface area contributed by atoms with Gasteiger partial charge < -0.3 is 24.0 Å². The summed E-state index contributed by atoms with van der Waals surface area (Å²) in [5.74, 6) is 0. The Kier molecular flexibility index (Phi) is 4.07. The number of benzene rings is 1. The van der Waals surface area contributed by atoms with E-state index < -0.39 is 0 Å². The number of nitrogens with zero attached hydrogens (tertiary/aromatic N) is 2. The summed E-state index contributed by atoms with van der Waals surface area (Å²) in [6.45, 7) is 0. The molecule has 0 radical (unpaired) electrons. The molecule has 22 heavy (non-hydrogen) atoms. The van der Waals surface area contributed by atoms with Crippen LogP contribution in [0.2, 0.25) is 0 Å². The van der Waals surface area contributed by atoms with Crippen molar-refractivity contribution in [2.45, 2.75) is 0 Å². The van der Waals surface area contributed by atoms with Crippen LogP contribution >= 0.6 is 0 Å². The van der Waals surface area contributed by atoms with E-state index >= 15 is 0 Å². The van der Waals surface area contributed by atoms with Crippen LogP contribution in [0.15, 0.2) is 67.1 Å². The van der Waals surface area contributed by atoms with Gasteiger partial charge in [-0.3, -0.25) is 4.98 Å². The third kappa shape index (κ3) is 2.46. The number of hydrogen-bond donors (Lipinski definition) is 0. The quantitative estimate of drug-likeness (QED) is 0.337. The van der Waals surface area contributed by atoms with Crippen molar-refractivity contribution in [2.75, 3.05) is 0 Å². The van der Waals surface area contributed by atoms with Crippen LogP contribution in [0.1, 0.15) is 16.7 Å². The highest BCUT2D eigenvalue weighted by Gasteiger charge is 2.23. The third-order valence-corrected chi connectivity index (χ3v) is 3.84. The molecule has 1 aliphatic carbocycles. The molecule has 0 bridgehead atoms. The summed E-state index contributed by atoms with van der Waals surface area (Å²) < 4.78 is 2.07. The maximum absolute atomic E-state index is 4.56. The number of pyridine rings is 2. The van der Waals surface area contributed by atoms with Crippen LogP contribution in [0.3, 0.4) is 0 Å². The molecule has 3 heteroatoms. The van der Waals surface area contributed by atoms with Crippen molar-refractivity contribution < 1.29 is 28.5 Å². The molecule has 1 aromatic carbocycles. The van der Waals surface area contributed by atoms with Gasteiger partial charge in [-0.1, -0.05) is 30.3 Å². The van der Waals surface area contributed by atoms with E-state index in [0.29, 0.717) is 0 Å². The Labute approximate surface area is 147 Å². The van der Waals surface area contributed by atoms with Gasteiger partial charge in [-0.15, -0.1) is 0 Å². The lowest BCUT2D eigenvalue weighted by Crippen LogP contribution is -3.00. The van der Waals surface area contributed by atoms with E-state index in [1.165, 1.54) is 27.8 Å². The van der Waals surface area contributed by atoms with Crippen LogP contribution in [0.4, 0.5) is 0 Å². The molecule has 0 spiro atoms. The normalized spacial score (nSPS) is 13.4. The van der Waals surface area contributed by atoms with Crippen LogP contribution in [0.5, 0.6) is 0 Å². The maximum Gasteiger partial charge on any atom is 0.175 e. The van der Waals surface area contributed by atoms with E-state index in [1.807, 2.05) is 25.5 Å². The van der Waals surface area contributed by atoms with E-state index in [0.717, 1.165) is 5.69 Å². The maximum atomic E-state index is 4.56. The highest BCUT2D eigenvalue weighted by Crippen LogP contribution is 2.43. The fourth-order valence-corrected chi connectivity index (χ4v) is 2.93. The van der Waals surface area contributed by atoms with Crippen LogP contribution < -0.4 is 28.5 Å². The number of hydrogen-bond acceptors (Lipinski definition) is 1. The predicted molar refractivity (Wildman–Crippen MR) is 84.3 cm³/mol. The number of fused-ring (bicyclic) bond motifs is 3. The van der Waals surface area contributed by atoms with Gasteiger partial charge in [-0.25, -0.2) is 4.57 Å². The van der Waals surface area contributed by atoms with Crippen molar-refractivity contribution in [3.05, 3.63) is 83.8 Å². The van der Waals surface area contributed by atoms with Gasteiger partial charge >= 0.3 is 0 Å². The van der Waals surface area contributed by atoms with Crippen molar-refractivity contribution in [3.63, 3.8) is 0 Å². The van der Waals surface area contributed by atoms with Crippen LogP contribution in [-0.4, -0.2) is 4.98 Å². The fraction of sp³-hybridized carbons (Fsp3) is 0.0526. The lowest BCUT2D eigenvalue weighted by Gasteiger charge is -2.02. The standard InChI is InChI=1S/C19H15N2.HI/c1-21-11-5-6-14(13-21)12-18-15-7-2-3-8-16(15)19-17(18)9-4-10-20-19;/h2-13H,1H3;1H/q+1;/p-1/b18-12+;. The molecule has 0 aliphatic heterocycles. The Hall–Kier alpha value is -2.01. The lowest BCUT2D eigenvalue weighted by atomic mass is 10.0. The topological polar surface area (TPSA) is 16.8 Å². The number of halogens is 1. The minimum atomic E-state index is 0. The van der Waals surface area contributed by atoms with Gasteiger partial charge in [0.2, 0.25) is 0 Å². The van der Waals surface area contributed by atoms with Gasteiger partial charge in [0.1, 0.15) is 7.05 Å². The second-order valence-corrected chi connectivity index (χ2v) is 5.31. The molecule has 0 saturated heterocycles. The van der Waals surface area contributed by atoms with Gasteiger partial charge in [-0.05, 0) is 29.3 Å².